The van der Waals surface area contributed by atoms with Crippen molar-refractivity contribution in [2.24, 2.45) is 0 Å². The largest absolute Gasteiger partial charge is 0.351 e. The van der Waals surface area contributed by atoms with Gasteiger partial charge >= 0.3 is 5.69 Å². The predicted octanol–water partition coefficient (Wildman–Crippen LogP) is 3.72. The molecule has 178 valence electrons. The molecule has 3 aromatic carbocycles. The summed E-state index contributed by atoms with van der Waals surface area (Å²) < 4.78 is 2.78. The summed E-state index contributed by atoms with van der Waals surface area (Å²) in [6.07, 6.45) is 1.89. The van der Waals surface area contributed by atoms with Gasteiger partial charge in [-0.1, -0.05) is 60.7 Å². The van der Waals surface area contributed by atoms with Crippen molar-refractivity contribution in [1.29, 1.82) is 0 Å². The Morgan fingerprint density at radius 3 is 2.39 bits per heavy atom. The van der Waals surface area contributed by atoms with Crippen LogP contribution in [0.15, 0.2) is 77.6 Å². The lowest BCUT2D eigenvalue weighted by molar-refractivity contribution is -0.384. The monoisotopic (exact) mass is 480 g/mol. The molecule has 1 saturated carbocycles. The van der Waals surface area contributed by atoms with E-state index in [4.69, 9.17) is 0 Å². The van der Waals surface area contributed by atoms with Gasteiger partial charge in [0.1, 0.15) is 11.5 Å². The van der Waals surface area contributed by atoms with Gasteiger partial charge in [-0.3, -0.25) is 14.7 Å². The average molecular weight is 480 g/mol. The molecule has 0 aliphatic heterocycles. The van der Waals surface area contributed by atoms with Crippen molar-refractivity contribution < 1.29 is 4.92 Å². The third-order valence-electron chi connectivity index (χ3n) is 6.27. The summed E-state index contributed by atoms with van der Waals surface area (Å²) in [5, 5.41) is 30.2. The first-order chi connectivity index (χ1) is 17.6. The van der Waals surface area contributed by atoms with E-state index in [-0.39, 0.29) is 17.3 Å². The van der Waals surface area contributed by atoms with Crippen LogP contribution in [0.25, 0.3) is 28.2 Å². The van der Waals surface area contributed by atoms with Gasteiger partial charge in [0.25, 0.3) is 5.69 Å². The Balaban J connectivity index is 1.35. The maximum absolute atomic E-state index is 13.4. The van der Waals surface area contributed by atoms with E-state index in [0.717, 1.165) is 39.8 Å². The summed E-state index contributed by atoms with van der Waals surface area (Å²) in [6, 6.07) is 21.9. The van der Waals surface area contributed by atoms with Crippen molar-refractivity contribution in [3.63, 3.8) is 0 Å². The minimum Gasteiger partial charge on any atom is -0.274 e. The van der Waals surface area contributed by atoms with Crippen LogP contribution >= 0.6 is 0 Å². The van der Waals surface area contributed by atoms with E-state index in [2.05, 4.69) is 25.7 Å². The molecular weight excluding hydrogens is 460 g/mol. The zero-order valence-corrected chi connectivity index (χ0v) is 19.0. The second kappa shape index (κ2) is 8.69. The molecule has 0 atom stereocenters. The number of para-hydroxylation sites is 2. The summed E-state index contributed by atoms with van der Waals surface area (Å²) in [6.45, 7) is 0.319. The highest BCUT2D eigenvalue weighted by atomic mass is 16.6. The molecule has 2 heterocycles. The van der Waals surface area contributed by atoms with Gasteiger partial charge < -0.3 is 0 Å². The van der Waals surface area contributed by atoms with Gasteiger partial charge in [-0.2, -0.15) is 4.68 Å². The lowest BCUT2D eigenvalue weighted by Crippen LogP contribution is -2.25. The second-order valence-corrected chi connectivity index (χ2v) is 8.65. The van der Waals surface area contributed by atoms with Crippen molar-refractivity contribution in [3.8, 4) is 28.2 Å². The third kappa shape index (κ3) is 3.86. The standard InChI is InChI=1S/C25H20N8O3/c34-25-31(24(18-13-14-18)28-32(25)21-7-3-4-8-22(21)33(35)36)15-16-9-11-17(12-10-16)19-5-1-2-6-20(19)23-26-29-30-27-23/h1-12,18H,13-15H2,(H,26,27,29,30). The Bertz CT molecular complexity index is 1620. The molecule has 0 unspecified atom stereocenters. The van der Waals surface area contributed by atoms with Gasteiger partial charge in [-0.25, -0.2) is 9.89 Å². The summed E-state index contributed by atoms with van der Waals surface area (Å²) in [4.78, 5) is 24.4. The normalized spacial score (nSPS) is 13.1. The fraction of sp³-hybridized carbons (Fsp3) is 0.160. The zero-order valence-electron chi connectivity index (χ0n) is 19.0. The molecule has 5 aromatic rings. The Labute approximate surface area is 204 Å². The number of aromatic amines is 1. The minimum atomic E-state index is -0.497. The molecule has 1 aliphatic carbocycles. The van der Waals surface area contributed by atoms with Crippen LogP contribution in [-0.4, -0.2) is 39.9 Å². The fourth-order valence-electron chi connectivity index (χ4n) is 4.35. The van der Waals surface area contributed by atoms with Crippen LogP contribution in [0.4, 0.5) is 5.69 Å². The predicted molar refractivity (Wildman–Crippen MR) is 131 cm³/mol. The molecule has 0 radical (unpaired) electrons. The van der Waals surface area contributed by atoms with Crippen molar-refractivity contribution in [2.45, 2.75) is 25.3 Å². The number of tetrazole rings is 1. The van der Waals surface area contributed by atoms with E-state index in [1.165, 1.54) is 6.07 Å². The van der Waals surface area contributed by atoms with Crippen LogP contribution in [0.5, 0.6) is 0 Å². The van der Waals surface area contributed by atoms with Gasteiger partial charge in [0, 0.05) is 17.5 Å². The van der Waals surface area contributed by atoms with Crippen LogP contribution in [-0.2, 0) is 6.54 Å². The molecule has 0 spiro atoms. The Hall–Kier alpha value is -4.93. The van der Waals surface area contributed by atoms with Crippen molar-refractivity contribution >= 4 is 5.69 Å². The smallest absolute Gasteiger partial charge is 0.274 e. The molecule has 0 bridgehead atoms. The number of nitrogens with zero attached hydrogens (tertiary/aromatic N) is 7. The molecule has 1 fully saturated rings. The Kier molecular flexibility index (Phi) is 5.21. The number of aromatic nitrogens is 7. The van der Waals surface area contributed by atoms with Gasteiger partial charge in [0.15, 0.2) is 5.82 Å². The lowest BCUT2D eigenvalue weighted by Gasteiger charge is -2.09. The molecular formula is C25H20N8O3. The molecule has 36 heavy (non-hydrogen) atoms. The number of rotatable bonds is 7. The number of H-pyrrole nitrogens is 1. The highest BCUT2D eigenvalue weighted by molar-refractivity contribution is 5.80. The van der Waals surface area contributed by atoms with Crippen molar-refractivity contribution in [2.75, 3.05) is 0 Å². The van der Waals surface area contributed by atoms with E-state index >= 15 is 0 Å². The van der Waals surface area contributed by atoms with Gasteiger partial charge in [0.05, 0.1) is 11.5 Å². The summed E-state index contributed by atoms with van der Waals surface area (Å²) >= 11 is 0. The van der Waals surface area contributed by atoms with E-state index in [9.17, 15) is 14.9 Å². The van der Waals surface area contributed by atoms with Crippen LogP contribution in [0, 0.1) is 10.1 Å². The summed E-state index contributed by atoms with van der Waals surface area (Å²) in [5.41, 5.74) is 3.38. The first kappa shape index (κ1) is 21.6. The average Bonchev–Trinajstić information content (AvgIpc) is 3.50. The molecule has 1 N–H and O–H groups in total. The van der Waals surface area contributed by atoms with Gasteiger partial charge in [-0.15, -0.1) is 10.2 Å². The topological polar surface area (TPSA) is 137 Å². The molecule has 0 amide bonds. The second-order valence-electron chi connectivity index (χ2n) is 8.65. The van der Waals surface area contributed by atoms with Gasteiger partial charge in [-0.05, 0) is 46.0 Å². The molecule has 0 saturated heterocycles. The molecule has 11 nitrogen and oxygen atoms in total. The zero-order chi connectivity index (χ0) is 24.6. The van der Waals surface area contributed by atoms with Crippen molar-refractivity contribution in [1.82, 2.24) is 35.0 Å². The SMILES string of the molecule is O=c1n(-c2ccccc2[N+](=O)[O-])nc(C2CC2)n1Cc1ccc(-c2ccccc2-c2nnn[nH]2)cc1. The molecule has 2 aromatic heterocycles. The van der Waals surface area contributed by atoms with Crippen LogP contribution < -0.4 is 5.69 Å². The van der Waals surface area contributed by atoms with E-state index < -0.39 is 10.6 Å². The van der Waals surface area contributed by atoms with E-state index in [1.54, 1.807) is 22.8 Å². The van der Waals surface area contributed by atoms with E-state index in [1.807, 2.05) is 48.5 Å². The Morgan fingerprint density at radius 2 is 1.69 bits per heavy atom. The first-order valence-corrected chi connectivity index (χ1v) is 11.5. The summed E-state index contributed by atoms with van der Waals surface area (Å²) in [5.74, 6) is 1.42. The van der Waals surface area contributed by atoms with Crippen LogP contribution in [0.3, 0.4) is 0 Å². The minimum absolute atomic E-state index is 0.156. The van der Waals surface area contributed by atoms with Crippen LogP contribution in [0.2, 0.25) is 0 Å². The number of benzene rings is 3. The summed E-state index contributed by atoms with van der Waals surface area (Å²) in [7, 11) is 0. The molecule has 6 rings (SSSR count). The highest BCUT2D eigenvalue weighted by Crippen LogP contribution is 2.39. The number of hydrogen-bond acceptors (Lipinski definition) is 7. The van der Waals surface area contributed by atoms with Crippen LogP contribution in [0.1, 0.15) is 30.1 Å². The number of nitro groups is 1. The van der Waals surface area contributed by atoms with Gasteiger partial charge in [0.2, 0.25) is 0 Å². The fourth-order valence-corrected chi connectivity index (χ4v) is 4.35. The van der Waals surface area contributed by atoms with Crippen molar-refractivity contribution in [3.05, 3.63) is 105 Å². The quantitative estimate of drug-likeness (QED) is 0.277. The highest BCUT2D eigenvalue weighted by Gasteiger charge is 2.32. The maximum Gasteiger partial charge on any atom is 0.351 e. The number of hydrogen-bond donors (Lipinski definition) is 1. The third-order valence-corrected chi connectivity index (χ3v) is 6.27. The maximum atomic E-state index is 13.4. The lowest BCUT2D eigenvalue weighted by atomic mass is 9.98. The Morgan fingerprint density at radius 1 is 0.972 bits per heavy atom. The first-order valence-electron chi connectivity index (χ1n) is 11.5. The molecule has 11 heteroatoms. The number of nitrogens with one attached hydrogen (secondary N) is 1. The molecule has 1 aliphatic rings. The van der Waals surface area contributed by atoms with E-state index in [0.29, 0.717) is 18.2 Å². The number of nitro benzene ring substituents is 1.